The van der Waals surface area contributed by atoms with Crippen molar-refractivity contribution in [3.63, 3.8) is 0 Å². The van der Waals surface area contributed by atoms with E-state index in [1.54, 1.807) is 24.3 Å². The highest BCUT2D eigenvalue weighted by molar-refractivity contribution is 5.58. The molecule has 122 valence electrons. The summed E-state index contributed by atoms with van der Waals surface area (Å²) in [7, 11) is 0. The molecule has 0 amide bonds. The van der Waals surface area contributed by atoms with Gasteiger partial charge in [0.25, 0.3) is 0 Å². The maximum atomic E-state index is 13.9. The Hall–Kier alpha value is -2.17. The molecule has 0 saturated heterocycles. The average Bonchev–Trinajstić information content (AvgIpc) is 2.89. The van der Waals surface area contributed by atoms with Crippen molar-refractivity contribution in [2.45, 2.75) is 38.0 Å². The highest BCUT2D eigenvalue weighted by atomic mass is 19.4. The topological polar surface area (TPSA) is 35.2 Å². The number of benzene rings is 2. The lowest BCUT2D eigenvalue weighted by Crippen LogP contribution is -2.46. The average molecular weight is 321 g/mol. The van der Waals surface area contributed by atoms with Crippen LogP contribution in [0.5, 0.6) is 5.75 Å². The molecular weight excluding hydrogens is 303 g/mol. The second-order valence-corrected chi connectivity index (χ2v) is 6.20. The van der Waals surface area contributed by atoms with Gasteiger partial charge < -0.3 is 10.5 Å². The summed E-state index contributed by atoms with van der Waals surface area (Å²) in [6.07, 6.45) is -4.85. The van der Waals surface area contributed by atoms with Crippen molar-refractivity contribution in [3.8, 4) is 5.75 Å². The van der Waals surface area contributed by atoms with Crippen molar-refractivity contribution in [2.75, 3.05) is 5.73 Å². The van der Waals surface area contributed by atoms with Crippen molar-refractivity contribution in [1.82, 2.24) is 0 Å². The molecule has 0 saturated carbocycles. The number of hydrogen-bond acceptors (Lipinski definition) is 2. The molecule has 1 aliphatic heterocycles. The van der Waals surface area contributed by atoms with Crippen LogP contribution in [0.2, 0.25) is 0 Å². The fraction of sp³-hybridized carbons (Fsp3) is 0.333. The molecule has 0 fully saturated rings. The Morgan fingerprint density at radius 3 is 2.26 bits per heavy atom. The number of rotatable bonds is 2. The van der Waals surface area contributed by atoms with Crippen LogP contribution in [0, 0.1) is 0 Å². The zero-order valence-electron chi connectivity index (χ0n) is 12.9. The van der Waals surface area contributed by atoms with Crippen LogP contribution in [0.25, 0.3) is 0 Å². The third-order valence-electron chi connectivity index (χ3n) is 4.38. The largest absolute Gasteiger partial charge is 0.472 e. The van der Waals surface area contributed by atoms with Gasteiger partial charge in [-0.15, -0.1) is 0 Å². The zero-order valence-corrected chi connectivity index (χ0v) is 12.9. The number of nitrogen functional groups attached to an aromatic ring is 1. The van der Waals surface area contributed by atoms with Crippen molar-refractivity contribution < 1.29 is 17.9 Å². The van der Waals surface area contributed by atoms with Crippen molar-refractivity contribution in [2.24, 2.45) is 0 Å². The van der Waals surface area contributed by atoms with Gasteiger partial charge in [0.15, 0.2) is 0 Å². The first-order chi connectivity index (χ1) is 10.7. The van der Waals surface area contributed by atoms with E-state index in [1.165, 1.54) is 18.2 Å². The van der Waals surface area contributed by atoms with Crippen molar-refractivity contribution in [1.29, 1.82) is 0 Å². The van der Waals surface area contributed by atoms with Crippen molar-refractivity contribution in [3.05, 3.63) is 59.2 Å². The Kier molecular flexibility index (Phi) is 3.54. The molecule has 2 nitrogen and oxygen atoms in total. The van der Waals surface area contributed by atoms with Gasteiger partial charge in [0, 0.05) is 23.2 Å². The molecular formula is C18H18F3NO. The molecule has 0 bridgehead atoms. The summed E-state index contributed by atoms with van der Waals surface area (Å²) in [5.74, 6) is 0.457. The molecule has 0 unspecified atom stereocenters. The van der Waals surface area contributed by atoms with E-state index >= 15 is 0 Å². The SMILES string of the molecule is CC(C)c1ccc([C@]2(C(F)(F)F)Cc3c(N)cccc3O2)cc1. The van der Waals surface area contributed by atoms with Crippen LogP contribution in [-0.4, -0.2) is 6.18 Å². The number of halogens is 3. The fourth-order valence-corrected chi connectivity index (χ4v) is 2.96. The first-order valence-electron chi connectivity index (χ1n) is 7.48. The van der Waals surface area contributed by atoms with Crippen LogP contribution in [0.3, 0.4) is 0 Å². The lowest BCUT2D eigenvalue weighted by Gasteiger charge is -2.31. The van der Waals surface area contributed by atoms with Crippen LogP contribution >= 0.6 is 0 Å². The number of nitrogens with two attached hydrogens (primary N) is 1. The Bertz CT molecular complexity index is 722. The summed E-state index contributed by atoms with van der Waals surface area (Å²) in [5, 5.41) is 0. The Morgan fingerprint density at radius 2 is 1.74 bits per heavy atom. The maximum absolute atomic E-state index is 13.9. The second-order valence-electron chi connectivity index (χ2n) is 6.20. The van der Waals surface area contributed by atoms with Crippen LogP contribution in [0.4, 0.5) is 18.9 Å². The second kappa shape index (κ2) is 5.18. The molecule has 2 aromatic carbocycles. The number of alkyl halides is 3. The van der Waals surface area contributed by atoms with E-state index in [4.69, 9.17) is 10.5 Å². The summed E-state index contributed by atoms with van der Waals surface area (Å²) in [6, 6.07) is 11.2. The van der Waals surface area contributed by atoms with E-state index in [0.717, 1.165) is 5.56 Å². The van der Waals surface area contributed by atoms with Gasteiger partial charge >= 0.3 is 6.18 Å². The normalized spacial score (nSPS) is 20.4. The Morgan fingerprint density at radius 1 is 1.09 bits per heavy atom. The molecule has 0 radical (unpaired) electrons. The standard InChI is InChI=1S/C18H18F3NO/c1-11(2)12-6-8-13(9-7-12)17(18(19,20)21)10-14-15(22)4-3-5-16(14)23-17/h3-9,11H,10,22H2,1-2H3/t17-/m0/s1. The molecule has 3 rings (SSSR count). The van der Waals surface area contributed by atoms with Gasteiger partial charge in [-0.3, -0.25) is 0 Å². The molecule has 23 heavy (non-hydrogen) atoms. The summed E-state index contributed by atoms with van der Waals surface area (Å²) in [6.45, 7) is 3.99. The molecule has 2 aromatic rings. The van der Waals surface area contributed by atoms with E-state index in [-0.39, 0.29) is 23.7 Å². The van der Waals surface area contributed by atoms with E-state index in [9.17, 15) is 13.2 Å². The predicted molar refractivity (Wildman–Crippen MR) is 83.5 cm³/mol. The third kappa shape index (κ3) is 2.44. The molecule has 1 aliphatic rings. The summed E-state index contributed by atoms with van der Waals surface area (Å²) in [5.41, 5.74) is 5.29. The third-order valence-corrected chi connectivity index (χ3v) is 4.38. The van der Waals surface area contributed by atoms with Crippen LogP contribution in [0.15, 0.2) is 42.5 Å². The van der Waals surface area contributed by atoms with Crippen LogP contribution < -0.4 is 10.5 Å². The lowest BCUT2D eigenvalue weighted by molar-refractivity contribution is -0.248. The maximum Gasteiger partial charge on any atom is 0.432 e. The molecule has 1 heterocycles. The minimum atomic E-state index is -4.54. The first kappa shape index (κ1) is 15.7. The summed E-state index contributed by atoms with van der Waals surface area (Å²) >= 11 is 0. The lowest BCUT2D eigenvalue weighted by atomic mass is 9.86. The minimum Gasteiger partial charge on any atom is -0.472 e. The van der Waals surface area contributed by atoms with Gasteiger partial charge in [0.05, 0.1) is 0 Å². The molecule has 1 atom stereocenters. The number of fused-ring (bicyclic) bond motifs is 1. The summed E-state index contributed by atoms with van der Waals surface area (Å²) < 4.78 is 47.1. The van der Waals surface area contributed by atoms with Crippen molar-refractivity contribution >= 4 is 5.69 Å². The fourth-order valence-electron chi connectivity index (χ4n) is 2.96. The van der Waals surface area contributed by atoms with Gasteiger partial charge in [-0.25, -0.2) is 0 Å². The Balaban J connectivity index is 2.09. The quantitative estimate of drug-likeness (QED) is 0.808. The molecule has 0 aliphatic carbocycles. The monoisotopic (exact) mass is 321 g/mol. The van der Waals surface area contributed by atoms with Crippen LogP contribution in [0.1, 0.15) is 36.5 Å². The van der Waals surface area contributed by atoms with Gasteiger partial charge in [0.2, 0.25) is 5.60 Å². The Labute approximate surface area is 133 Å². The van der Waals surface area contributed by atoms with Gasteiger partial charge in [0.1, 0.15) is 5.75 Å². The highest BCUT2D eigenvalue weighted by Crippen LogP contribution is 2.52. The zero-order chi connectivity index (χ0) is 16.8. The number of ether oxygens (including phenoxy) is 1. The molecule has 0 aromatic heterocycles. The number of anilines is 1. The first-order valence-corrected chi connectivity index (χ1v) is 7.48. The van der Waals surface area contributed by atoms with E-state index in [0.29, 0.717) is 11.3 Å². The molecule has 2 N–H and O–H groups in total. The predicted octanol–water partition coefficient (Wildman–Crippen LogP) is 4.78. The van der Waals surface area contributed by atoms with Gasteiger partial charge in [-0.2, -0.15) is 13.2 Å². The molecule has 5 heteroatoms. The van der Waals surface area contributed by atoms with E-state index in [2.05, 4.69) is 0 Å². The smallest absolute Gasteiger partial charge is 0.432 e. The van der Waals surface area contributed by atoms with E-state index < -0.39 is 11.8 Å². The van der Waals surface area contributed by atoms with E-state index in [1.807, 2.05) is 13.8 Å². The highest BCUT2D eigenvalue weighted by Gasteiger charge is 2.61. The minimum absolute atomic E-state index is 0.102. The van der Waals surface area contributed by atoms with Crippen LogP contribution in [-0.2, 0) is 12.0 Å². The van der Waals surface area contributed by atoms with Gasteiger partial charge in [-0.05, 0) is 23.6 Å². The molecule has 0 spiro atoms. The number of hydrogen-bond donors (Lipinski definition) is 1. The summed E-state index contributed by atoms with van der Waals surface area (Å²) in [4.78, 5) is 0. The van der Waals surface area contributed by atoms with Gasteiger partial charge in [-0.1, -0.05) is 44.2 Å².